The largest absolute Gasteiger partial charge is 0.461 e. The number of carbonyl (C=O) groups excluding carboxylic acids is 1. The van der Waals surface area contributed by atoms with E-state index in [0.29, 0.717) is 29.1 Å². The van der Waals surface area contributed by atoms with Crippen LogP contribution in [-0.4, -0.2) is 36.2 Å². The first-order valence-electron chi connectivity index (χ1n) is 9.69. The van der Waals surface area contributed by atoms with E-state index in [0.717, 1.165) is 16.9 Å². The number of nitrogens with one attached hydrogen (secondary N) is 1. The molecule has 1 N–H and O–H groups in total. The van der Waals surface area contributed by atoms with E-state index in [1.54, 1.807) is 23.1 Å². The first kappa shape index (κ1) is 20.7. The minimum Gasteiger partial charge on any atom is -0.461 e. The van der Waals surface area contributed by atoms with E-state index >= 15 is 0 Å². The zero-order valence-corrected chi connectivity index (χ0v) is 18.1. The number of benzene rings is 1. The average Bonchev–Trinajstić information content (AvgIpc) is 3.48. The van der Waals surface area contributed by atoms with Crippen molar-refractivity contribution in [2.24, 2.45) is 0 Å². The second-order valence-electron chi connectivity index (χ2n) is 6.94. The molecule has 4 aromatic rings. The minimum absolute atomic E-state index is 0.161. The van der Waals surface area contributed by atoms with Crippen molar-refractivity contribution >= 4 is 23.5 Å². The van der Waals surface area contributed by atoms with Crippen LogP contribution < -0.4 is 5.32 Å². The Morgan fingerprint density at radius 2 is 2.03 bits per heavy atom. The molecule has 3 aromatic heterocycles. The minimum atomic E-state index is -0.161. The zero-order valence-electron chi connectivity index (χ0n) is 17.3. The van der Waals surface area contributed by atoms with Gasteiger partial charge in [0.05, 0.1) is 23.4 Å². The summed E-state index contributed by atoms with van der Waals surface area (Å²) in [7, 11) is 0. The van der Waals surface area contributed by atoms with Gasteiger partial charge in [-0.3, -0.25) is 9.36 Å². The molecule has 0 bridgehead atoms. The zero-order chi connectivity index (χ0) is 21.8. The van der Waals surface area contributed by atoms with Gasteiger partial charge in [0.2, 0.25) is 11.7 Å². The number of aromatic nitrogens is 5. The maximum atomic E-state index is 12.7. The second kappa shape index (κ2) is 9.05. The normalized spacial score (nSPS) is 10.9. The Kier molecular flexibility index (Phi) is 6.03. The second-order valence-corrected chi connectivity index (χ2v) is 7.88. The van der Waals surface area contributed by atoms with Crippen molar-refractivity contribution in [2.45, 2.75) is 25.5 Å². The maximum absolute atomic E-state index is 12.7. The number of anilines is 1. The molecular formula is C22H22N6O2S. The Morgan fingerprint density at radius 1 is 1.23 bits per heavy atom. The van der Waals surface area contributed by atoms with E-state index in [4.69, 9.17) is 4.42 Å². The highest BCUT2D eigenvalue weighted by atomic mass is 32.2. The average molecular weight is 435 g/mol. The molecule has 8 nitrogen and oxygen atoms in total. The van der Waals surface area contributed by atoms with Gasteiger partial charge in [0.1, 0.15) is 5.82 Å². The lowest BCUT2D eigenvalue weighted by molar-refractivity contribution is -0.113. The van der Waals surface area contributed by atoms with Gasteiger partial charge < -0.3 is 9.73 Å². The van der Waals surface area contributed by atoms with Crippen LogP contribution >= 0.6 is 11.8 Å². The van der Waals surface area contributed by atoms with E-state index in [-0.39, 0.29) is 11.7 Å². The Hall–Kier alpha value is -3.59. The van der Waals surface area contributed by atoms with Crippen LogP contribution in [0.25, 0.3) is 17.3 Å². The third-order valence-electron chi connectivity index (χ3n) is 4.48. The molecule has 0 aliphatic carbocycles. The summed E-state index contributed by atoms with van der Waals surface area (Å²) < 4.78 is 9.03. The van der Waals surface area contributed by atoms with Crippen molar-refractivity contribution in [1.29, 1.82) is 0 Å². The number of amides is 1. The van der Waals surface area contributed by atoms with E-state index in [1.807, 2.05) is 54.8 Å². The number of carbonyl (C=O) groups is 1. The highest BCUT2D eigenvalue weighted by Crippen LogP contribution is 2.25. The van der Waals surface area contributed by atoms with Gasteiger partial charge in [-0.15, -0.1) is 16.8 Å². The fraction of sp³-hybridized carbons (Fsp3) is 0.182. The van der Waals surface area contributed by atoms with Gasteiger partial charge >= 0.3 is 0 Å². The topological polar surface area (TPSA) is 90.8 Å². The number of hydrogen-bond donors (Lipinski definition) is 1. The van der Waals surface area contributed by atoms with Gasteiger partial charge in [-0.05, 0) is 38.1 Å². The van der Waals surface area contributed by atoms with Crippen LogP contribution in [0.1, 0.15) is 11.3 Å². The van der Waals surface area contributed by atoms with Gasteiger partial charge in [-0.1, -0.05) is 35.5 Å². The van der Waals surface area contributed by atoms with Gasteiger partial charge in [-0.25, -0.2) is 4.68 Å². The van der Waals surface area contributed by atoms with Crippen LogP contribution in [0.15, 0.2) is 71.0 Å². The number of aryl methyl sites for hydroxylation is 2. The molecule has 3 heterocycles. The van der Waals surface area contributed by atoms with E-state index in [2.05, 4.69) is 27.2 Å². The lowest BCUT2D eigenvalue weighted by Gasteiger charge is -2.09. The fourth-order valence-corrected chi connectivity index (χ4v) is 3.81. The molecule has 4 rings (SSSR count). The lowest BCUT2D eigenvalue weighted by atomic mass is 10.2. The summed E-state index contributed by atoms with van der Waals surface area (Å²) in [6.07, 6.45) is 3.34. The molecule has 0 saturated heterocycles. The molecule has 0 radical (unpaired) electrons. The smallest absolute Gasteiger partial charge is 0.236 e. The van der Waals surface area contributed by atoms with E-state index in [1.165, 1.54) is 11.8 Å². The molecule has 0 atom stereocenters. The number of nitrogens with zero attached hydrogens (tertiary/aromatic N) is 5. The first-order valence-corrected chi connectivity index (χ1v) is 10.7. The molecule has 31 heavy (non-hydrogen) atoms. The molecule has 0 fully saturated rings. The summed E-state index contributed by atoms with van der Waals surface area (Å²) in [5.74, 6) is 1.84. The predicted molar refractivity (Wildman–Crippen MR) is 120 cm³/mol. The summed E-state index contributed by atoms with van der Waals surface area (Å²) in [5.41, 5.74) is 2.86. The van der Waals surface area contributed by atoms with E-state index in [9.17, 15) is 4.79 Å². The Labute approximate surface area is 184 Å². The SMILES string of the molecule is C=CCn1c(SCC(=O)Nc2cc(C)nn2-c2ccc(C)cc2)nnc1-c1ccco1. The summed E-state index contributed by atoms with van der Waals surface area (Å²) in [6, 6.07) is 13.4. The van der Waals surface area contributed by atoms with Gasteiger partial charge in [0.15, 0.2) is 10.9 Å². The third kappa shape index (κ3) is 4.61. The Morgan fingerprint density at radius 3 is 2.74 bits per heavy atom. The Bertz CT molecular complexity index is 1190. The van der Waals surface area contributed by atoms with Crippen molar-refractivity contribution < 1.29 is 9.21 Å². The third-order valence-corrected chi connectivity index (χ3v) is 5.45. The molecule has 158 valence electrons. The number of thioether (sulfide) groups is 1. The van der Waals surface area contributed by atoms with Gasteiger partial charge in [-0.2, -0.15) is 5.10 Å². The molecule has 0 aliphatic heterocycles. The number of allylic oxidation sites excluding steroid dienone is 1. The molecule has 1 aromatic carbocycles. The van der Waals surface area contributed by atoms with Crippen LogP contribution in [0.3, 0.4) is 0 Å². The van der Waals surface area contributed by atoms with E-state index < -0.39 is 0 Å². The fourth-order valence-electron chi connectivity index (χ4n) is 3.06. The predicted octanol–water partition coefficient (Wildman–Crippen LogP) is 4.26. The molecular weight excluding hydrogens is 412 g/mol. The highest BCUT2D eigenvalue weighted by molar-refractivity contribution is 7.99. The van der Waals surface area contributed by atoms with Crippen LogP contribution in [0.5, 0.6) is 0 Å². The van der Waals surface area contributed by atoms with Crippen molar-refractivity contribution in [2.75, 3.05) is 11.1 Å². The van der Waals surface area contributed by atoms with Crippen molar-refractivity contribution in [3.8, 4) is 17.3 Å². The van der Waals surface area contributed by atoms with Crippen LogP contribution in [0.4, 0.5) is 5.82 Å². The first-order chi connectivity index (χ1) is 15.0. The monoisotopic (exact) mass is 434 g/mol. The number of rotatable bonds is 8. The molecule has 9 heteroatoms. The summed E-state index contributed by atoms with van der Waals surface area (Å²) in [4.78, 5) is 12.7. The number of hydrogen-bond acceptors (Lipinski definition) is 6. The van der Waals surface area contributed by atoms with Crippen molar-refractivity contribution in [1.82, 2.24) is 24.5 Å². The summed E-state index contributed by atoms with van der Waals surface area (Å²) >= 11 is 1.30. The molecule has 0 saturated carbocycles. The summed E-state index contributed by atoms with van der Waals surface area (Å²) in [6.45, 7) is 8.22. The molecule has 1 amide bonds. The van der Waals surface area contributed by atoms with Crippen LogP contribution in [0, 0.1) is 13.8 Å². The van der Waals surface area contributed by atoms with Crippen molar-refractivity contribution in [3.05, 3.63) is 72.6 Å². The lowest BCUT2D eigenvalue weighted by Crippen LogP contribution is -2.17. The standard InChI is InChI=1S/C22H22N6O2S/c1-4-11-27-21(18-6-5-12-30-18)24-25-22(27)31-14-20(29)23-19-13-16(3)26-28(19)17-9-7-15(2)8-10-17/h4-10,12-13H,1,11,14H2,2-3H3,(H,23,29). The molecule has 0 aliphatic rings. The highest BCUT2D eigenvalue weighted by Gasteiger charge is 2.17. The molecule has 0 unspecified atom stereocenters. The Balaban J connectivity index is 1.47. The number of furan rings is 1. The van der Waals surface area contributed by atoms with Gasteiger partial charge in [0.25, 0.3) is 0 Å². The maximum Gasteiger partial charge on any atom is 0.236 e. The van der Waals surface area contributed by atoms with Crippen molar-refractivity contribution in [3.63, 3.8) is 0 Å². The van der Waals surface area contributed by atoms with Crippen LogP contribution in [0.2, 0.25) is 0 Å². The van der Waals surface area contributed by atoms with Gasteiger partial charge in [0, 0.05) is 12.6 Å². The summed E-state index contributed by atoms with van der Waals surface area (Å²) in [5, 5.41) is 16.5. The van der Waals surface area contributed by atoms with Crippen LogP contribution in [-0.2, 0) is 11.3 Å². The molecule has 0 spiro atoms. The quantitative estimate of drug-likeness (QED) is 0.329.